The third-order valence-corrected chi connectivity index (χ3v) is 6.79. The molecule has 0 saturated heterocycles. The molecule has 1 aromatic heterocycles. The van der Waals surface area contributed by atoms with Crippen molar-refractivity contribution in [2.24, 2.45) is 0 Å². The van der Waals surface area contributed by atoms with Crippen LogP contribution in [0.1, 0.15) is 5.56 Å². The molecule has 0 saturated carbocycles. The first-order valence-electron chi connectivity index (χ1n) is 6.76. The summed E-state index contributed by atoms with van der Waals surface area (Å²) in [4.78, 5) is 4.40. The van der Waals surface area contributed by atoms with E-state index in [9.17, 15) is 12.8 Å². The quantitative estimate of drug-likeness (QED) is 0.625. The van der Waals surface area contributed by atoms with E-state index >= 15 is 0 Å². The second-order valence-electron chi connectivity index (χ2n) is 4.93. The molecule has 0 radical (unpaired) electrons. The maximum Gasteiger partial charge on any atom is 0.237 e. The van der Waals surface area contributed by atoms with E-state index in [1.807, 2.05) is 6.26 Å². The first-order chi connectivity index (χ1) is 11.4. The Labute approximate surface area is 152 Å². The van der Waals surface area contributed by atoms with Crippen molar-refractivity contribution in [3.05, 3.63) is 52.8 Å². The predicted molar refractivity (Wildman–Crippen MR) is 99.1 cm³/mol. The molecule has 1 N–H and O–H groups in total. The van der Waals surface area contributed by atoms with Gasteiger partial charge in [0.05, 0.1) is 21.7 Å². The molecule has 0 atom stereocenters. The highest BCUT2D eigenvalue weighted by Gasteiger charge is 2.18. The average molecular weight is 403 g/mol. The van der Waals surface area contributed by atoms with Crippen LogP contribution in [0.3, 0.4) is 0 Å². The molecule has 0 aliphatic heterocycles. The summed E-state index contributed by atoms with van der Waals surface area (Å²) >= 11 is 8.91. The van der Waals surface area contributed by atoms with Gasteiger partial charge in [0.25, 0.3) is 0 Å². The molecule has 0 amide bonds. The fraction of sp³-hybridized carbons (Fsp3) is 0.133. The monoisotopic (exact) mass is 402 g/mol. The number of sulfonamides is 1. The number of thiazole rings is 1. The Kier molecular flexibility index (Phi) is 5.00. The maximum atomic E-state index is 13.8. The topological polar surface area (TPSA) is 59.1 Å². The number of benzene rings is 2. The molecule has 0 bridgehead atoms. The van der Waals surface area contributed by atoms with Gasteiger partial charge in [0, 0.05) is 10.6 Å². The number of rotatable bonds is 5. The normalized spacial score (nSPS) is 11.8. The minimum Gasteiger partial charge on any atom is -0.283 e. The van der Waals surface area contributed by atoms with Crippen molar-refractivity contribution in [1.82, 2.24) is 4.98 Å². The Morgan fingerprint density at radius 3 is 2.83 bits per heavy atom. The smallest absolute Gasteiger partial charge is 0.237 e. The number of nitrogens with zero attached hydrogens (tertiary/aromatic N) is 1. The van der Waals surface area contributed by atoms with Crippen LogP contribution in [-0.4, -0.2) is 19.7 Å². The predicted octanol–water partition coefficient (Wildman–Crippen LogP) is 4.75. The van der Waals surface area contributed by atoms with Crippen molar-refractivity contribution in [2.45, 2.75) is 10.1 Å². The fourth-order valence-corrected chi connectivity index (χ4v) is 5.20. The molecule has 9 heteroatoms. The number of fused-ring (bicyclic) bond motifs is 1. The van der Waals surface area contributed by atoms with Gasteiger partial charge in [-0.3, -0.25) is 4.72 Å². The molecule has 1 heterocycles. The van der Waals surface area contributed by atoms with E-state index in [-0.39, 0.29) is 10.6 Å². The summed E-state index contributed by atoms with van der Waals surface area (Å²) in [7, 11) is -3.80. The van der Waals surface area contributed by atoms with Crippen molar-refractivity contribution < 1.29 is 12.8 Å². The Bertz CT molecular complexity index is 985. The molecule has 2 aromatic carbocycles. The van der Waals surface area contributed by atoms with Crippen molar-refractivity contribution >= 4 is 60.6 Å². The summed E-state index contributed by atoms with van der Waals surface area (Å²) in [5.74, 6) is -1.18. The van der Waals surface area contributed by atoms with Gasteiger partial charge in [-0.25, -0.2) is 17.8 Å². The van der Waals surface area contributed by atoms with Gasteiger partial charge < -0.3 is 0 Å². The highest BCUT2D eigenvalue weighted by atomic mass is 35.5. The van der Waals surface area contributed by atoms with Crippen LogP contribution in [0.25, 0.3) is 10.2 Å². The number of nitrogens with one attached hydrogen (secondary N) is 1. The summed E-state index contributed by atoms with van der Waals surface area (Å²) < 4.78 is 42.7. The Hall–Kier alpha value is -1.35. The minimum atomic E-state index is -3.80. The third-order valence-electron chi connectivity index (χ3n) is 3.21. The molecule has 0 fully saturated rings. The first-order valence-corrected chi connectivity index (χ1v) is 10.8. The van der Waals surface area contributed by atoms with Gasteiger partial charge >= 0.3 is 0 Å². The number of hydrogen-bond acceptors (Lipinski definition) is 5. The molecular weight excluding hydrogens is 391 g/mol. The summed E-state index contributed by atoms with van der Waals surface area (Å²) in [5, 5.41) is 0.0860. The molecular formula is C15H12ClFN2O2S3. The van der Waals surface area contributed by atoms with Crippen molar-refractivity contribution in [2.75, 3.05) is 11.0 Å². The van der Waals surface area contributed by atoms with Crippen LogP contribution < -0.4 is 4.72 Å². The lowest BCUT2D eigenvalue weighted by Crippen LogP contribution is -2.16. The second kappa shape index (κ2) is 6.87. The van der Waals surface area contributed by atoms with Gasteiger partial charge in [-0.2, -0.15) is 0 Å². The lowest BCUT2D eigenvalue weighted by Gasteiger charge is -2.10. The van der Waals surface area contributed by atoms with E-state index < -0.39 is 21.6 Å². The summed E-state index contributed by atoms with van der Waals surface area (Å²) in [6, 6.07) is 9.18. The van der Waals surface area contributed by atoms with Gasteiger partial charge in [0.2, 0.25) is 10.0 Å². The average Bonchev–Trinajstić information content (AvgIpc) is 2.93. The van der Waals surface area contributed by atoms with E-state index in [2.05, 4.69) is 9.71 Å². The zero-order valence-electron chi connectivity index (χ0n) is 12.4. The molecule has 0 unspecified atom stereocenters. The summed E-state index contributed by atoms with van der Waals surface area (Å²) in [6.07, 6.45) is 1.93. The Morgan fingerprint density at radius 1 is 1.33 bits per heavy atom. The van der Waals surface area contributed by atoms with Gasteiger partial charge in [-0.1, -0.05) is 29.4 Å². The zero-order chi connectivity index (χ0) is 17.3. The minimum absolute atomic E-state index is 0.0461. The third kappa shape index (κ3) is 3.83. The van der Waals surface area contributed by atoms with E-state index in [1.54, 1.807) is 18.2 Å². The van der Waals surface area contributed by atoms with E-state index in [4.69, 9.17) is 11.6 Å². The van der Waals surface area contributed by atoms with Gasteiger partial charge in [0.1, 0.15) is 5.82 Å². The van der Waals surface area contributed by atoms with Crippen LogP contribution in [0.5, 0.6) is 0 Å². The molecule has 0 aliphatic rings. The van der Waals surface area contributed by atoms with Crippen LogP contribution in [0.15, 0.2) is 40.7 Å². The van der Waals surface area contributed by atoms with Crippen LogP contribution in [0, 0.1) is 5.82 Å². The first kappa shape index (κ1) is 17.5. The number of hydrogen-bond donors (Lipinski definition) is 1. The second-order valence-corrected chi connectivity index (χ2v) is 9.14. The van der Waals surface area contributed by atoms with E-state index in [0.717, 1.165) is 14.6 Å². The highest BCUT2D eigenvalue weighted by Crippen LogP contribution is 2.30. The summed E-state index contributed by atoms with van der Waals surface area (Å²) in [6.45, 7) is 0. The van der Waals surface area contributed by atoms with Gasteiger partial charge in [0.15, 0.2) is 4.34 Å². The number of thioether (sulfide) groups is 1. The largest absolute Gasteiger partial charge is 0.283 e. The standard InChI is InChI=1S/C15H12ClFN2O2S3/c1-22-15-18-13-6-5-9(7-14(13)23-15)19-24(20,21)8-10-11(16)3-2-4-12(10)17/h2-7,19H,8H2,1H3. The van der Waals surface area contributed by atoms with Gasteiger partial charge in [-0.05, 0) is 36.6 Å². The van der Waals surface area contributed by atoms with Crippen LogP contribution >= 0.6 is 34.7 Å². The number of anilines is 1. The maximum absolute atomic E-state index is 13.8. The number of halogens is 2. The molecule has 4 nitrogen and oxygen atoms in total. The van der Waals surface area contributed by atoms with E-state index in [0.29, 0.717) is 5.69 Å². The fourth-order valence-electron chi connectivity index (χ4n) is 2.13. The van der Waals surface area contributed by atoms with E-state index in [1.165, 1.54) is 41.3 Å². The summed E-state index contributed by atoms with van der Waals surface area (Å²) in [5.41, 5.74) is 1.17. The van der Waals surface area contributed by atoms with Gasteiger partial charge in [-0.15, -0.1) is 11.3 Å². The highest BCUT2D eigenvalue weighted by molar-refractivity contribution is 8.00. The van der Waals surface area contributed by atoms with Crippen molar-refractivity contribution in [3.8, 4) is 0 Å². The van der Waals surface area contributed by atoms with Crippen LogP contribution in [-0.2, 0) is 15.8 Å². The lowest BCUT2D eigenvalue weighted by molar-refractivity contribution is 0.591. The zero-order valence-corrected chi connectivity index (χ0v) is 15.6. The Morgan fingerprint density at radius 2 is 2.12 bits per heavy atom. The van der Waals surface area contributed by atoms with Crippen LogP contribution in [0.4, 0.5) is 10.1 Å². The molecule has 0 spiro atoms. The lowest BCUT2D eigenvalue weighted by atomic mass is 10.2. The Balaban J connectivity index is 1.86. The SMILES string of the molecule is CSc1nc2ccc(NS(=O)(=O)Cc3c(F)cccc3Cl)cc2s1. The number of aromatic nitrogens is 1. The molecule has 24 heavy (non-hydrogen) atoms. The van der Waals surface area contributed by atoms with Crippen molar-refractivity contribution in [3.63, 3.8) is 0 Å². The van der Waals surface area contributed by atoms with Crippen molar-refractivity contribution in [1.29, 1.82) is 0 Å². The molecule has 0 aliphatic carbocycles. The van der Waals surface area contributed by atoms with Crippen LogP contribution in [0.2, 0.25) is 5.02 Å². The molecule has 3 rings (SSSR count). The molecule has 126 valence electrons. The molecule has 3 aromatic rings.